The molecule has 0 atom stereocenters. The molecule has 0 aliphatic rings. The molecule has 2 N–H and O–H groups in total. The highest BCUT2D eigenvalue weighted by atomic mass is 16.6. The zero-order chi connectivity index (χ0) is 45.9. The van der Waals surface area contributed by atoms with Gasteiger partial charge in [0.1, 0.15) is 41.1 Å². The maximum Gasteiger partial charge on any atom is 0.344 e. The summed E-state index contributed by atoms with van der Waals surface area (Å²) in [4.78, 5) is 60.5. The molecule has 1 aromatic heterocycles. The van der Waals surface area contributed by atoms with Gasteiger partial charge < -0.3 is 38.7 Å². The predicted octanol–water partition coefficient (Wildman–Crippen LogP) is 10.3. The molecule has 1 heterocycles. The van der Waals surface area contributed by atoms with Crippen LogP contribution in [0.3, 0.4) is 0 Å². The number of carbonyl (C=O) groups excluding carboxylic acids is 4. The summed E-state index contributed by atoms with van der Waals surface area (Å²) in [6, 6.07) is 16.1. The lowest BCUT2D eigenvalue weighted by Crippen LogP contribution is -2.15. The highest BCUT2D eigenvalue weighted by molar-refractivity contribution is 5.77. The van der Waals surface area contributed by atoms with E-state index in [2.05, 4.69) is 15.0 Å². The molecule has 0 bridgehead atoms. The number of aromatic nitrogens is 3. The number of hydrogen-bond acceptors (Lipinski definition) is 14. The number of phenols is 2. The van der Waals surface area contributed by atoms with E-state index in [4.69, 9.17) is 23.7 Å². The van der Waals surface area contributed by atoms with E-state index in [1.54, 1.807) is 62.6 Å². The highest BCUT2D eigenvalue weighted by Gasteiger charge is 2.18. The van der Waals surface area contributed by atoms with Gasteiger partial charge in [0.15, 0.2) is 29.9 Å². The fraction of sp³-hybridized carbons (Fsp3) is 0.500. The number of ketones is 2. The quantitative estimate of drug-likeness (QED) is 0.0347. The van der Waals surface area contributed by atoms with Gasteiger partial charge in [0.05, 0.1) is 31.5 Å². The summed E-state index contributed by atoms with van der Waals surface area (Å²) < 4.78 is 27.1. The Hall–Kier alpha value is -6.05. The number of rotatable bonds is 32. The Morgan fingerprint density at radius 1 is 0.469 bits per heavy atom. The van der Waals surface area contributed by atoms with E-state index in [0.29, 0.717) is 43.1 Å². The zero-order valence-corrected chi connectivity index (χ0v) is 37.7. The van der Waals surface area contributed by atoms with Gasteiger partial charge in [0.25, 0.3) is 0 Å². The van der Waals surface area contributed by atoms with Gasteiger partial charge in [0, 0.05) is 30.5 Å². The molecule has 64 heavy (non-hydrogen) atoms. The molecule has 4 rings (SSSR count). The molecule has 0 saturated carbocycles. The van der Waals surface area contributed by atoms with Gasteiger partial charge >= 0.3 is 11.9 Å². The van der Waals surface area contributed by atoms with Gasteiger partial charge in [-0.2, -0.15) is 0 Å². The van der Waals surface area contributed by atoms with Crippen LogP contribution in [0.25, 0.3) is 34.2 Å². The third-order valence-electron chi connectivity index (χ3n) is 10.4. The smallest absolute Gasteiger partial charge is 0.344 e. The van der Waals surface area contributed by atoms with Crippen molar-refractivity contribution in [2.45, 2.75) is 129 Å². The van der Waals surface area contributed by atoms with Crippen LogP contribution in [0.4, 0.5) is 0 Å². The van der Waals surface area contributed by atoms with Gasteiger partial charge in [-0.1, -0.05) is 77.0 Å². The summed E-state index contributed by atoms with van der Waals surface area (Å²) in [5.41, 5.74) is 1.17. The fourth-order valence-electron chi connectivity index (χ4n) is 6.85. The Labute approximate surface area is 377 Å². The molecule has 0 radical (unpaired) electrons. The molecule has 0 saturated heterocycles. The van der Waals surface area contributed by atoms with Crippen LogP contribution in [0.1, 0.15) is 129 Å². The Morgan fingerprint density at radius 3 is 1.36 bits per heavy atom. The molecule has 0 fully saturated rings. The van der Waals surface area contributed by atoms with Crippen molar-refractivity contribution in [3.63, 3.8) is 0 Å². The third-order valence-corrected chi connectivity index (χ3v) is 10.4. The summed E-state index contributed by atoms with van der Waals surface area (Å²) in [6.07, 6.45) is 17.9. The second-order valence-electron chi connectivity index (χ2n) is 16.0. The number of Topliss-reactive ketones (excluding diaryl/α,β-unsaturated/α-hetero) is 2. The first-order chi connectivity index (χ1) is 31.0. The predicted molar refractivity (Wildman–Crippen MR) is 243 cm³/mol. The van der Waals surface area contributed by atoms with Crippen molar-refractivity contribution < 1.29 is 53.1 Å². The van der Waals surface area contributed by atoms with E-state index < -0.39 is 5.97 Å². The summed E-state index contributed by atoms with van der Waals surface area (Å²) >= 11 is 0. The summed E-state index contributed by atoms with van der Waals surface area (Å²) in [5, 5.41) is 22.0. The van der Waals surface area contributed by atoms with Crippen molar-refractivity contribution in [1.82, 2.24) is 15.0 Å². The van der Waals surface area contributed by atoms with Crippen LogP contribution in [0, 0.1) is 0 Å². The first kappa shape index (κ1) is 50.6. The molecule has 0 aliphatic heterocycles. The maximum atomic E-state index is 12.4. The van der Waals surface area contributed by atoms with Gasteiger partial charge in [-0.15, -0.1) is 0 Å². The number of benzene rings is 3. The topological polar surface area (TPSA) is 194 Å². The van der Waals surface area contributed by atoms with Crippen molar-refractivity contribution in [1.29, 1.82) is 0 Å². The number of hydrogen-bond donors (Lipinski definition) is 2. The van der Waals surface area contributed by atoms with E-state index in [-0.39, 0.29) is 76.6 Å². The van der Waals surface area contributed by atoms with Gasteiger partial charge in [-0.3, -0.25) is 9.59 Å². The minimum Gasteiger partial charge on any atom is -0.507 e. The Kier molecular flexibility index (Phi) is 22.6. The van der Waals surface area contributed by atoms with Crippen molar-refractivity contribution in [2.75, 3.05) is 33.5 Å². The number of unbranched alkanes of at least 4 members (excludes halogenated alkanes) is 14. The molecule has 0 amide bonds. The number of aromatic hydroxyl groups is 2. The van der Waals surface area contributed by atoms with E-state index in [0.717, 1.165) is 83.5 Å². The lowest BCUT2D eigenvalue weighted by atomic mass is 10.1. The van der Waals surface area contributed by atoms with Gasteiger partial charge in [-0.05, 0) is 88.1 Å². The van der Waals surface area contributed by atoms with Crippen LogP contribution in [0.5, 0.6) is 28.7 Å². The standard InChI is InChI=1S/C50H65N3O11/c1-36(54)20-16-12-8-9-13-17-21-46(58)61-30-18-14-10-6-4-5-7-11-15-19-31-62-47(59)35-64-41-27-29-43(45(57)33-41)50-52-48(38-22-24-39(60-3)25-23-38)51-49(53-50)42-28-26-40(32-44(42)56)63-34-37(2)55/h22-29,32-33,56-57H,4-21,30-31,34-35H2,1-3H3. The lowest BCUT2D eigenvalue weighted by Gasteiger charge is -2.12. The monoisotopic (exact) mass is 883 g/mol. The van der Waals surface area contributed by atoms with Gasteiger partial charge in [-0.25, -0.2) is 19.7 Å². The SMILES string of the molecule is COc1ccc(-c2nc(-c3ccc(OCC(C)=O)cc3O)nc(-c3ccc(OCC(=O)OCCCCCCCCCCCCOC(=O)CCCCCCCCC(C)=O)cc3O)n2)cc1. The Bertz CT molecular complexity index is 2070. The van der Waals surface area contributed by atoms with E-state index in [1.807, 2.05) is 0 Å². The molecule has 14 nitrogen and oxygen atoms in total. The summed E-state index contributed by atoms with van der Waals surface area (Å²) in [6.45, 7) is 3.38. The molecule has 14 heteroatoms. The molecule has 4 aromatic rings. The largest absolute Gasteiger partial charge is 0.507 e. The Morgan fingerprint density at radius 2 is 0.891 bits per heavy atom. The van der Waals surface area contributed by atoms with Crippen molar-refractivity contribution in [2.24, 2.45) is 0 Å². The van der Waals surface area contributed by atoms with E-state index >= 15 is 0 Å². The van der Waals surface area contributed by atoms with Crippen LogP contribution in [0.2, 0.25) is 0 Å². The average molecular weight is 884 g/mol. The van der Waals surface area contributed by atoms with Gasteiger partial charge in [0.2, 0.25) is 0 Å². The van der Waals surface area contributed by atoms with Crippen LogP contribution < -0.4 is 14.2 Å². The fourth-order valence-corrected chi connectivity index (χ4v) is 6.85. The summed E-state index contributed by atoms with van der Waals surface area (Å²) in [7, 11) is 1.56. The van der Waals surface area contributed by atoms with Crippen LogP contribution in [0.15, 0.2) is 60.7 Å². The van der Waals surface area contributed by atoms with Crippen molar-refractivity contribution in [3.05, 3.63) is 60.7 Å². The van der Waals surface area contributed by atoms with E-state index in [9.17, 15) is 29.4 Å². The van der Waals surface area contributed by atoms with Crippen molar-refractivity contribution >= 4 is 23.5 Å². The van der Waals surface area contributed by atoms with E-state index in [1.165, 1.54) is 38.3 Å². The number of methoxy groups -OCH3 is 1. The first-order valence-electron chi connectivity index (χ1n) is 22.7. The van der Waals surface area contributed by atoms with Crippen LogP contribution >= 0.6 is 0 Å². The summed E-state index contributed by atoms with van der Waals surface area (Å²) in [5.74, 6) is 0.810. The van der Waals surface area contributed by atoms with Crippen molar-refractivity contribution in [3.8, 4) is 62.9 Å². The number of esters is 2. The molecular weight excluding hydrogens is 819 g/mol. The minimum absolute atomic E-state index is 0.0953. The lowest BCUT2D eigenvalue weighted by molar-refractivity contribution is -0.146. The third kappa shape index (κ3) is 19.1. The molecule has 0 unspecified atom stereocenters. The highest BCUT2D eigenvalue weighted by Crippen LogP contribution is 2.36. The van der Waals surface area contributed by atoms with Crippen LogP contribution in [-0.2, 0) is 28.7 Å². The molecule has 346 valence electrons. The molecule has 0 spiro atoms. The number of nitrogens with zero attached hydrogens (tertiary/aromatic N) is 3. The minimum atomic E-state index is -0.508. The maximum absolute atomic E-state index is 12.4. The second-order valence-corrected chi connectivity index (χ2v) is 16.0. The number of carbonyl (C=O) groups is 4. The number of phenolic OH excluding ortho intramolecular Hbond substituents is 2. The normalized spacial score (nSPS) is 10.9. The Balaban J connectivity index is 1.11. The molecule has 0 aliphatic carbocycles. The second kappa shape index (κ2) is 28.6. The first-order valence-corrected chi connectivity index (χ1v) is 22.7. The van der Waals surface area contributed by atoms with Crippen LogP contribution in [-0.4, -0.2) is 82.2 Å². The zero-order valence-electron chi connectivity index (χ0n) is 37.7. The average Bonchev–Trinajstić information content (AvgIpc) is 3.28. The molecule has 3 aromatic carbocycles. The molecular formula is C50H65N3O11. The number of ether oxygens (including phenoxy) is 5.